The van der Waals surface area contributed by atoms with Crippen LogP contribution in [0.1, 0.15) is 33.1 Å². The van der Waals surface area contributed by atoms with Crippen LogP contribution in [0.25, 0.3) is 0 Å². The van der Waals surface area contributed by atoms with Crippen molar-refractivity contribution >= 4 is 22.6 Å². The molecule has 78 valence electrons. The molecule has 0 aromatic rings. The van der Waals surface area contributed by atoms with Crippen LogP contribution in [-0.2, 0) is 9.47 Å². The average Bonchev–Trinajstić information content (AvgIpc) is 2.08. The van der Waals surface area contributed by atoms with E-state index in [1.807, 2.05) is 13.8 Å². The van der Waals surface area contributed by atoms with E-state index in [0.29, 0.717) is 5.92 Å². The van der Waals surface area contributed by atoms with Crippen molar-refractivity contribution in [2.75, 3.05) is 17.6 Å². The lowest BCUT2D eigenvalue weighted by Crippen LogP contribution is -2.39. The minimum absolute atomic E-state index is 0.347. The van der Waals surface area contributed by atoms with Gasteiger partial charge in [-0.05, 0) is 31.1 Å². The highest BCUT2D eigenvalue weighted by Gasteiger charge is 2.27. The highest BCUT2D eigenvalue weighted by Crippen LogP contribution is 2.23. The first-order valence-corrected chi connectivity index (χ1v) is 6.50. The van der Waals surface area contributed by atoms with Crippen molar-refractivity contribution in [3.05, 3.63) is 0 Å². The highest BCUT2D eigenvalue weighted by molar-refractivity contribution is 14.1. The van der Waals surface area contributed by atoms with Crippen molar-refractivity contribution in [3.8, 4) is 0 Å². The summed E-state index contributed by atoms with van der Waals surface area (Å²) >= 11 is 2.42. The van der Waals surface area contributed by atoms with Crippen LogP contribution in [0.5, 0.6) is 0 Å². The van der Waals surface area contributed by atoms with E-state index in [4.69, 9.17) is 9.47 Å². The zero-order valence-corrected chi connectivity index (χ0v) is 10.7. The van der Waals surface area contributed by atoms with Crippen LogP contribution < -0.4 is 0 Å². The molecule has 13 heavy (non-hydrogen) atoms. The molecule has 0 aromatic carbocycles. The number of hydrogen-bond acceptors (Lipinski definition) is 2. The average molecular weight is 298 g/mol. The number of unbranched alkanes of at least 4 members (excludes halogenated alkanes) is 1. The van der Waals surface area contributed by atoms with Crippen molar-refractivity contribution in [1.82, 2.24) is 0 Å². The van der Waals surface area contributed by atoms with Gasteiger partial charge in [0.25, 0.3) is 0 Å². The molecular weight excluding hydrogens is 279 g/mol. The maximum atomic E-state index is 5.58. The Morgan fingerprint density at radius 1 is 1.23 bits per heavy atom. The summed E-state index contributed by atoms with van der Waals surface area (Å²) < 4.78 is 12.4. The SMILES string of the molecule is CC1(C)OCC(CCCCI)CO1. The fourth-order valence-corrected chi connectivity index (χ4v) is 1.96. The van der Waals surface area contributed by atoms with Gasteiger partial charge >= 0.3 is 0 Å². The second-order valence-corrected chi connectivity index (χ2v) is 5.15. The molecule has 1 aliphatic heterocycles. The Bertz CT molecular complexity index is 138. The molecule has 1 saturated heterocycles. The second kappa shape index (κ2) is 5.51. The Balaban J connectivity index is 2.11. The van der Waals surface area contributed by atoms with Gasteiger partial charge in [0.15, 0.2) is 5.79 Å². The van der Waals surface area contributed by atoms with Gasteiger partial charge < -0.3 is 9.47 Å². The van der Waals surface area contributed by atoms with Gasteiger partial charge in [-0.15, -0.1) is 0 Å². The second-order valence-electron chi connectivity index (χ2n) is 4.07. The molecule has 0 radical (unpaired) electrons. The largest absolute Gasteiger partial charge is 0.350 e. The van der Waals surface area contributed by atoms with Crippen LogP contribution in [0, 0.1) is 5.92 Å². The van der Waals surface area contributed by atoms with Gasteiger partial charge in [-0.3, -0.25) is 0 Å². The molecule has 1 heterocycles. The molecule has 3 heteroatoms. The van der Waals surface area contributed by atoms with E-state index >= 15 is 0 Å². The Kier molecular flexibility index (Phi) is 4.97. The number of rotatable bonds is 4. The van der Waals surface area contributed by atoms with Crippen molar-refractivity contribution in [2.45, 2.75) is 38.9 Å². The van der Waals surface area contributed by atoms with Gasteiger partial charge in [-0.25, -0.2) is 0 Å². The van der Waals surface area contributed by atoms with Crippen LogP contribution in [0.3, 0.4) is 0 Å². The van der Waals surface area contributed by atoms with E-state index in [1.54, 1.807) is 0 Å². The number of ether oxygens (including phenoxy) is 2. The molecule has 0 amide bonds. The van der Waals surface area contributed by atoms with E-state index in [-0.39, 0.29) is 5.79 Å². The van der Waals surface area contributed by atoms with Crippen LogP contribution >= 0.6 is 22.6 Å². The topological polar surface area (TPSA) is 18.5 Å². The number of hydrogen-bond donors (Lipinski definition) is 0. The van der Waals surface area contributed by atoms with Crippen LogP contribution in [0.4, 0.5) is 0 Å². The fraction of sp³-hybridized carbons (Fsp3) is 1.00. The monoisotopic (exact) mass is 298 g/mol. The molecule has 1 aliphatic rings. The molecule has 1 rings (SSSR count). The molecule has 0 N–H and O–H groups in total. The van der Waals surface area contributed by atoms with E-state index < -0.39 is 0 Å². The highest BCUT2D eigenvalue weighted by atomic mass is 127. The van der Waals surface area contributed by atoms with Gasteiger partial charge in [-0.1, -0.05) is 29.0 Å². The molecule has 0 atom stereocenters. The first-order valence-electron chi connectivity index (χ1n) is 4.98. The molecule has 0 bridgehead atoms. The van der Waals surface area contributed by atoms with Crippen LogP contribution in [0.2, 0.25) is 0 Å². The van der Waals surface area contributed by atoms with E-state index in [2.05, 4.69) is 22.6 Å². The van der Waals surface area contributed by atoms with Crippen LogP contribution in [0.15, 0.2) is 0 Å². The van der Waals surface area contributed by atoms with Crippen molar-refractivity contribution in [2.24, 2.45) is 5.92 Å². The van der Waals surface area contributed by atoms with Crippen molar-refractivity contribution < 1.29 is 9.47 Å². The summed E-state index contributed by atoms with van der Waals surface area (Å²) in [6.45, 7) is 5.70. The summed E-state index contributed by atoms with van der Waals surface area (Å²) in [4.78, 5) is 0. The Labute approximate surface area is 94.5 Å². The Morgan fingerprint density at radius 3 is 2.38 bits per heavy atom. The predicted octanol–water partition coefficient (Wildman–Crippen LogP) is 2.99. The summed E-state index contributed by atoms with van der Waals surface area (Å²) in [5, 5.41) is 0. The van der Waals surface area contributed by atoms with Crippen LogP contribution in [-0.4, -0.2) is 23.4 Å². The van der Waals surface area contributed by atoms with E-state index in [1.165, 1.54) is 23.7 Å². The normalized spacial score (nSPS) is 23.3. The predicted molar refractivity (Wildman–Crippen MR) is 62.2 cm³/mol. The molecular formula is C10H19IO2. The van der Waals surface area contributed by atoms with E-state index in [0.717, 1.165) is 13.2 Å². The maximum Gasteiger partial charge on any atom is 0.162 e. The summed E-state index contributed by atoms with van der Waals surface area (Å²) in [6.07, 6.45) is 3.88. The summed E-state index contributed by atoms with van der Waals surface area (Å²) in [5.41, 5.74) is 0. The molecule has 0 saturated carbocycles. The molecule has 1 fully saturated rings. The van der Waals surface area contributed by atoms with Gasteiger partial charge in [0, 0.05) is 5.92 Å². The third-order valence-corrected chi connectivity index (χ3v) is 3.09. The first-order chi connectivity index (χ1) is 6.14. The molecule has 0 aromatic heterocycles. The van der Waals surface area contributed by atoms with Crippen molar-refractivity contribution in [3.63, 3.8) is 0 Å². The Morgan fingerprint density at radius 2 is 1.85 bits per heavy atom. The first kappa shape index (κ1) is 11.7. The molecule has 0 unspecified atom stereocenters. The lowest BCUT2D eigenvalue weighted by atomic mass is 10.0. The summed E-state index contributed by atoms with van der Waals surface area (Å²) in [6, 6.07) is 0. The third-order valence-electron chi connectivity index (χ3n) is 2.33. The fourth-order valence-electron chi connectivity index (χ4n) is 1.42. The number of halogens is 1. The molecule has 2 nitrogen and oxygen atoms in total. The Hall–Kier alpha value is 0.650. The summed E-state index contributed by atoms with van der Waals surface area (Å²) in [7, 11) is 0. The van der Waals surface area contributed by atoms with Gasteiger partial charge in [0.05, 0.1) is 13.2 Å². The lowest BCUT2D eigenvalue weighted by Gasteiger charge is -2.34. The van der Waals surface area contributed by atoms with Crippen molar-refractivity contribution in [1.29, 1.82) is 0 Å². The van der Waals surface area contributed by atoms with Gasteiger partial charge in [0.1, 0.15) is 0 Å². The summed E-state index contributed by atoms with van der Waals surface area (Å²) in [5.74, 6) is 0.274. The van der Waals surface area contributed by atoms with Gasteiger partial charge in [-0.2, -0.15) is 0 Å². The smallest absolute Gasteiger partial charge is 0.162 e. The quantitative estimate of drug-likeness (QED) is 0.451. The minimum Gasteiger partial charge on any atom is -0.350 e. The zero-order chi connectivity index (χ0) is 9.73. The van der Waals surface area contributed by atoms with Gasteiger partial charge in [0.2, 0.25) is 0 Å². The molecule has 0 aliphatic carbocycles. The minimum atomic E-state index is -0.347. The zero-order valence-electron chi connectivity index (χ0n) is 8.51. The third kappa shape index (κ3) is 4.61. The maximum absolute atomic E-state index is 5.58. The van der Waals surface area contributed by atoms with E-state index in [9.17, 15) is 0 Å². The number of alkyl halides is 1. The lowest BCUT2D eigenvalue weighted by molar-refractivity contribution is -0.262. The molecule has 0 spiro atoms. The standard InChI is InChI=1S/C10H19IO2/c1-10(2)12-7-9(8-13-10)5-3-4-6-11/h9H,3-8H2,1-2H3.